The fraction of sp³-hybridized carbons (Fsp3) is 0.462. The summed E-state index contributed by atoms with van der Waals surface area (Å²) in [5, 5.41) is 8.56. The summed E-state index contributed by atoms with van der Waals surface area (Å²) in [6, 6.07) is 6.65. The highest BCUT2D eigenvalue weighted by molar-refractivity contribution is 7.91. The summed E-state index contributed by atoms with van der Waals surface area (Å²) in [6.45, 7) is 2.23. The van der Waals surface area contributed by atoms with Crippen molar-refractivity contribution in [3.8, 4) is 0 Å². The first-order valence-corrected chi connectivity index (χ1v) is 7.78. The molecule has 0 bridgehead atoms. The maximum atomic E-state index is 11.7. The molecule has 1 rings (SSSR count). The van der Waals surface area contributed by atoms with Gasteiger partial charge in [-0.2, -0.15) is 0 Å². The second-order valence-electron chi connectivity index (χ2n) is 4.32. The van der Waals surface area contributed by atoms with Crippen LogP contribution in [0.3, 0.4) is 0 Å². The molecular weight excluding hydrogens is 266 g/mol. The molecule has 0 amide bonds. The minimum Gasteiger partial charge on any atom is -0.481 e. The molecule has 0 aromatic heterocycles. The van der Waals surface area contributed by atoms with Crippen molar-refractivity contribution in [2.45, 2.75) is 24.7 Å². The maximum Gasteiger partial charge on any atom is 0.303 e. The van der Waals surface area contributed by atoms with Gasteiger partial charge in [0.05, 0.1) is 10.6 Å². The van der Waals surface area contributed by atoms with Crippen LogP contribution >= 0.6 is 0 Å². The Morgan fingerprint density at radius 3 is 2.32 bits per heavy atom. The number of carbonyl (C=O) groups is 1. The third-order valence-electron chi connectivity index (χ3n) is 2.90. The second-order valence-corrected chi connectivity index (χ2v) is 6.59. The van der Waals surface area contributed by atoms with Crippen molar-refractivity contribution in [2.24, 2.45) is 0 Å². The number of carboxylic acids is 1. The number of rotatable bonds is 7. The fourth-order valence-electron chi connectivity index (χ4n) is 1.67. The Morgan fingerprint density at radius 1 is 1.26 bits per heavy atom. The van der Waals surface area contributed by atoms with E-state index in [2.05, 4.69) is 0 Å². The van der Waals surface area contributed by atoms with Gasteiger partial charge >= 0.3 is 5.97 Å². The molecule has 0 spiro atoms. The van der Waals surface area contributed by atoms with Crippen LogP contribution in [0.2, 0.25) is 0 Å². The zero-order chi connectivity index (χ0) is 14.5. The van der Waals surface area contributed by atoms with E-state index in [1.807, 2.05) is 11.9 Å². The highest BCUT2D eigenvalue weighted by atomic mass is 32.2. The van der Waals surface area contributed by atoms with Crippen LogP contribution in [0, 0.1) is 0 Å². The van der Waals surface area contributed by atoms with Crippen LogP contribution in [0.25, 0.3) is 0 Å². The molecule has 5 nitrogen and oxygen atoms in total. The molecule has 0 atom stereocenters. The van der Waals surface area contributed by atoms with E-state index in [0.29, 0.717) is 17.9 Å². The van der Waals surface area contributed by atoms with Gasteiger partial charge in [0.15, 0.2) is 9.84 Å². The summed E-state index contributed by atoms with van der Waals surface area (Å²) in [6.07, 6.45) is 0.688. The normalized spacial score (nSPS) is 11.3. The zero-order valence-corrected chi connectivity index (χ0v) is 12.0. The van der Waals surface area contributed by atoms with Crippen LogP contribution in [-0.4, -0.2) is 38.8 Å². The monoisotopic (exact) mass is 285 g/mol. The Balaban J connectivity index is 2.68. The molecule has 6 heteroatoms. The first-order valence-electron chi connectivity index (χ1n) is 6.12. The van der Waals surface area contributed by atoms with Crippen molar-refractivity contribution in [1.82, 2.24) is 0 Å². The molecule has 1 aromatic rings. The lowest BCUT2D eigenvalue weighted by atomic mass is 10.2. The number of hydrogen-bond acceptors (Lipinski definition) is 4. The smallest absolute Gasteiger partial charge is 0.303 e. The first kappa shape index (κ1) is 15.5. The molecule has 1 N–H and O–H groups in total. The molecule has 0 saturated heterocycles. The lowest BCUT2D eigenvalue weighted by Gasteiger charge is -2.19. The molecule has 0 heterocycles. The Labute approximate surface area is 113 Å². The van der Waals surface area contributed by atoms with Gasteiger partial charge in [-0.25, -0.2) is 8.42 Å². The Hall–Kier alpha value is -1.56. The van der Waals surface area contributed by atoms with Crippen molar-refractivity contribution in [3.05, 3.63) is 24.3 Å². The average molecular weight is 285 g/mol. The van der Waals surface area contributed by atoms with Crippen LogP contribution in [0.5, 0.6) is 0 Å². The number of sulfone groups is 1. The largest absolute Gasteiger partial charge is 0.481 e. The molecule has 0 unspecified atom stereocenters. The summed E-state index contributed by atoms with van der Waals surface area (Å²) in [5.41, 5.74) is 0.875. The SMILES string of the molecule is CCS(=O)(=O)c1ccc(N(C)CCCC(=O)O)cc1. The van der Waals surface area contributed by atoms with E-state index in [0.717, 1.165) is 5.69 Å². The minimum absolute atomic E-state index is 0.0841. The van der Waals surface area contributed by atoms with E-state index >= 15 is 0 Å². The zero-order valence-electron chi connectivity index (χ0n) is 11.2. The minimum atomic E-state index is -3.17. The molecule has 1 aromatic carbocycles. The summed E-state index contributed by atoms with van der Waals surface area (Å²) >= 11 is 0. The van der Waals surface area contributed by atoms with E-state index in [1.165, 1.54) is 0 Å². The van der Waals surface area contributed by atoms with Crippen LogP contribution in [0.1, 0.15) is 19.8 Å². The van der Waals surface area contributed by atoms with E-state index in [4.69, 9.17) is 5.11 Å². The van der Waals surface area contributed by atoms with Crippen molar-refractivity contribution in [1.29, 1.82) is 0 Å². The van der Waals surface area contributed by atoms with Crippen LogP contribution < -0.4 is 4.90 Å². The van der Waals surface area contributed by atoms with E-state index in [1.54, 1.807) is 31.2 Å². The van der Waals surface area contributed by atoms with Crippen molar-refractivity contribution in [3.63, 3.8) is 0 Å². The van der Waals surface area contributed by atoms with Crippen LogP contribution in [0.15, 0.2) is 29.2 Å². The topological polar surface area (TPSA) is 74.7 Å². The van der Waals surface area contributed by atoms with Crippen molar-refractivity contribution >= 4 is 21.5 Å². The molecule has 0 aliphatic rings. The third kappa shape index (κ3) is 4.55. The Morgan fingerprint density at radius 2 is 1.84 bits per heavy atom. The molecular formula is C13H19NO4S. The molecule has 19 heavy (non-hydrogen) atoms. The van der Waals surface area contributed by atoms with Crippen LogP contribution in [0.4, 0.5) is 5.69 Å². The molecule has 0 radical (unpaired) electrons. The summed E-state index contributed by atoms with van der Waals surface area (Å²) in [5.74, 6) is -0.723. The number of aliphatic carboxylic acids is 1. The lowest BCUT2D eigenvalue weighted by Crippen LogP contribution is -2.19. The van der Waals surface area contributed by atoms with Crippen molar-refractivity contribution in [2.75, 3.05) is 24.2 Å². The quantitative estimate of drug-likeness (QED) is 0.826. The van der Waals surface area contributed by atoms with Gasteiger partial charge in [0.1, 0.15) is 0 Å². The molecule has 0 aliphatic carbocycles. The van der Waals surface area contributed by atoms with Gasteiger partial charge in [-0.3, -0.25) is 4.79 Å². The molecule has 106 valence electrons. The number of benzene rings is 1. The molecule has 0 saturated carbocycles. The predicted octanol–water partition coefficient (Wildman–Crippen LogP) is 1.78. The van der Waals surface area contributed by atoms with Gasteiger partial charge < -0.3 is 10.0 Å². The highest BCUT2D eigenvalue weighted by Crippen LogP contribution is 2.18. The summed E-state index contributed by atoms with van der Waals surface area (Å²) < 4.78 is 23.3. The van der Waals surface area contributed by atoms with E-state index in [-0.39, 0.29) is 12.2 Å². The maximum absolute atomic E-state index is 11.7. The number of nitrogens with zero attached hydrogens (tertiary/aromatic N) is 1. The van der Waals surface area contributed by atoms with E-state index < -0.39 is 15.8 Å². The van der Waals surface area contributed by atoms with Gasteiger partial charge in [0.25, 0.3) is 0 Å². The van der Waals surface area contributed by atoms with Crippen LogP contribution in [-0.2, 0) is 14.6 Å². The lowest BCUT2D eigenvalue weighted by molar-refractivity contribution is -0.137. The van der Waals surface area contributed by atoms with Gasteiger partial charge in [-0.1, -0.05) is 6.92 Å². The van der Waals surface area contributed by atoms with Gasteiger partial charge in [0.2, 0.25) is 0 Å². The molecule has 0 fully saturated rings. The second kappa shape index (κ2) is 6.56. The predicted molar refractivity (Wildman–Crippen MR) is 74.3 cm³/mol. The highest BCUT2D eigenvalue weighted by Gasteiger charge is 2.11. The average Bonchev–Trinajstić information content (AvgIpc) is 2.38. The van der Waals surface area contributed by atoms with Crippen molar-refractivity contribution < 1.29 is 18.3 Å². The number of hydrogen-bond donors (Lipinski definition) is 1. The standard InChI is InChI=1S/C13H19NO4S/c1-3-19(17,18)12-8-6-11(7-9-12)14(2)10-4-5-13(15)16/h6-9H,3-5,10H2,1-2H3,(H,15,16). The van der Waals surface area contributed by atoms with Gasteiger partial charge in [-0.15, -0.1) is 0 Å². The first-order chi connectivity index (χ1) is 8.86. The van der Waals surface area contributed by atoms with Gasteiger partial charge in [0, 0.05) is 25.7 Å². The fourth-order valence-corrected chi connectivity index (χ4v) is 2.56. The number of anilines is 1. The Kier molecular flexibility index (Phi) is 5.35. The summed E-state index contributed by atoms with van der Waals surface area (Å²) in [4.78, 5) is 12.6. The third-order valence-corrected chi connectivity index (χ3v) is 4.65. The van der Waals surface area contributed by atoms with E-state index in [9.17, 15) is 13.2 Å². The summed E-state index contributed by atoms with van der Waals surface area (Å²) in [7, 11) is -1.31. The number of carboxylic acid groups (broad SMARTS) is 1. The molecule has 0 aliphatic heterocycles. The van der Waals surface area contributed by atoms with Gasteiger partial charge in [-0.05, 0) is 30.7 Å². The Bertz CT molecular complexity index is 522.